The molecule has 2 aromatic heterocycles. The highest BCUT2D eigenvalue weighted by Crippen LogP contribution is 2.15. The van der Waals surface area contributed by atoms with Crippen LogP contribution in [0.25, 0.3) is 11.0 Å². The number of furan rings is 1. The third kappa shape index (κ3) is 3.38. The summed E-state index contributed by atoms with van der Waals surface area (Å²) in [5, 5.41) is 0.451. The van der Waals surface area contributed by atoms with Crippen molar-refractivity contribution in [2.75, 3.05) is 20.3 Å². The second-order valence-corrected chi connectivity index (χ2v) is 5.32. The number of hydrogen-bond acceptors (Lipinski definition) is 5. The molecule has 0 aliphatic rings. The summed E-state index contributed by atoms with van der Waals surface area (Å²) in [5.41, 5.74) is 1.00. The number of carbonyl (C=O) groups is 1. The molecule has 1 aromatic carbocycles. The van der Waals surface area contributed by atoms with Gasteiger partial charge in [0.05, 0.1) is 24.5 Å². The predicted molar refractivity (Wildman–Crippen MR) is 87.8 cm³/mol. The molecular weight excluding hydrogens is 310 g/mol. The smallest absolute Gasteiger partial charge is 0.290 e. The molecule has 2 heterocycles. The first-order valence-corrected chi connectivity index (χ1v) is 7.51. The van der Waals surface area contributed by atoms with Gasteiger partial charge in [-0.25, -0.2) is 0 Å². The summed E-state index contributed by atoms with van der Waals surface area (Å²) >= 11 is 0. The molecule has 0 saturated carbocycles. The SMILES string of the molecule is COCCN(Cc1ccoc1)C(=O)c1cc(=O)c2ccccc2o1. The van der Waals surface area contributed by atoms with Crippen molar-refractivity contribution in [2.45, 2.75) is 6.54 Å². The quantitative estimate of drug-likeness (QED) is 0.696. The first-order valence-electron chi connectivity index (χ1n) is 7.51. The van der Waals surface area contributed by atoms with Crippen LogP contribution in [0.2, 0.25) is 0 Å². The van der Waals surface area contributed by atoms with Gasteiger partial charge in [0.2, 0.25) is 0 Å². The van der Waals surface area contributed by atoms with E-state index in [9.17, 15) is 9.59 Å². The van der Waals surface area contributed by atoms with E-state index in [0.29, 0.717) is 30.7 Å². The Morgan fingerprint density at radius 1 is 1.25 bits per heavy atom. The first-order chi connectivity index (χ1) is 11.7. The molecular formula is C18H17NO5. The fraction of sp³-hybridized carbons (Fsp3) is 0.222. The lowest BCUT2D eigenvalue weighted by Gasteiger charge is -2.21. The number of hydrogen-bond donors (Lipinski definition) is 0. The van der Waals surface area contributed by atoms with Crippen molar-refractivity contribution in [1.29, 1.82) is 0 Å². The molecule has 0 aliphatic carbocycles. The highest BCUT2D eigenvalue weighted by atomic mass is 16.5. The van der Waals surface area contributed by atoms with Crippen LogP contribution in [-0.2, 0) is 11.3 Å². The largest absolute Gasteiger partial charge is 0.472 e. The molecule has 0 aliphatic heterocycles. The zero-order chi connectivity index (χ0) is 16.9. The van der Waals surface area contributed by atoms with Crippen molar-refractivity contribution < 1.29 is 18.4 Å². The van der Waals surface area contributed by atoms with Gasteiger partial charge in [0.15, 0.2) is 11.2 Å². The number of carbonyl (C=O) groups excluding carboxylic acids is 1. The number of para-hydroxylation sites is 1. The molecule has 24 heavy (non-hydrogen) atoms. The van der Waals surface area contributed by atoms with Crippen LogP contribution in [0.1, 0.15) is 16.1 Å². The van der Waals surface area contributed by atoms with Gasteiger partial charge in [0, 0.05) is 31.8 Å². The van der Waals surface area contributed by atoms with E-state index in [-0.39, 0.29) is 17.1 Å². The first kappa shape index (κ1) is 16.0. The van der Waals surface area contributed by atoms with Gasteiger partial charge in [-0.3, -0.25) is 9.59 Å². The normalized spacial score (nSPS) is 10.9. The monoisotopic (exact) mass is 327 g/mol. The maximum Gasteiger partial charge on any atom is 0.290 e. The Kier molecular flexibility index (Phi) is 4.77. The Morgan fingerprint density at radius 3 is 2.83 bits per heavy atom. The molecule has 6 heteroatoms. The molecule has 1 amide bonds. The lowest BCUT2D eigenvalue weighted by atomic mass is 10.2. The number of methoxy groups -OCH3 is 1. The zero-order valence-corrected chi connectivity index (χ0v) is 13.2. The van der Waals surface area contributed by atoms with Crippen molar-refractivity contribution in [3.8, 4) is 0 Å². The molecule has 3 rings (SSSR count). The van der Waals surface area contributed by atoms with E-state index in [1.54, 1.807) is 54.9 Å². The summed E-state index contributed by atoms with van der Waals surface area (Å²) in [4.78, 5) is 26.5. The highest BCUT2D eigenvalue weighted by molar-refractivity contribution is 5.93. The fourth-order valence-corrected chi connectivity index (χ4v) is 2.42. The van der Waals surface area contributed by atoms with Gasteiger partial charge in [0.25, 0.3) is 5.91 Å². The Labute approximate surface area is 138 Å². The van der Waals surface area contributed by atoms with Crippen molar-refractivity contribution >= 4 is 16.9 Å². The number of ether oxygens (including phenoxy) is 1. The van der Waals surface area contributed by atoms with Crippen LogP contribution in [0.15, 0.2) is 62.6 Å². The van der Waals surface area contributed by atoms with Gasteiger partial charge >= 0.3 is 0 Å². The topological polar surface area (TPSA) is 72.9 Å². The Morgan fingerprint density at radius 2 is 2.08 bits per heavy atom. The highest BCUT2D eigenvalue weighted by Gasteiger charge is 2.20. The van der Waals surface area contributed by atoms with Gasteiger partial charge in [-0.2, -0.15) is 0 Å². The molecule has 0 spiro atoms. The lowest BCUT2D eigenvalue weighted by molar-refractivity contribution is 0.0649. The molecule has 0 fully saturated rings. The van der Waals surface area contributed by atoms with E-state index in [1.165, 1.54) is 6.07 Å². The third-order valence-corrected chi connectivity index (χ3v) is 3.65. The van der Waals surface area contributed by atoms with Crippen molar-refractivity contribution in [3.05, 3.63) is 70.5 Å². The van der Waals surface area contributed by atoms with Gasteiger partial charge in [-0.15, -0.1) is 0 Å². The number of benzene rings is 1. The minimum Gasteiger partial charge on any atom is -0.472 e. The van der Waals surface area contributed by atoms with E-state index < -0.39 is 0 Å². The summed E-state index contributed by atoms with van der Waals surface area (Å²) in [6, 6.07) is 9.87. The van der Waals surface area contributed by atoms with Gasteiger partial charge in [0.1, 0.15) is 5.58 Å². The van der Waals surface area contributed by atoms with Crippen LogP contribution in [-0.4, -0.2) is 31.1 Å². The summed E-state index contributed by atoms with van der Waals surface area (Å²) in [6.07, 6.45) is 3.12. The van der Waals surface area contributed by atoms with E-state index in [2.05, 4.69) is 0 Å². The number of fused-ring (bicyclic) bond motifs is 1. The number of nitrogens with zero attached hydrogens (tertiary/aromatic N) is 1. The molecule has 0 atom stereocenters. The van der Waals surface area contributed by atoms with Gasteiger partial charge in [-0.05, 0) is 18.2 Å². The third-order valence-electron chi connectivity index (χ3n) is 3.65. The van der Waals surface area contributed by atoms with Crippen molar-refractivity contribution in [3.63, 3.8) is 0 Å². The Balaban J connectivity index is 1.92. The second kappa shape index (κ2) is 7.14. The van der Waals surface area contributed by atoms with E-state index >= 15 is 0 Å². The van der Waals surface area contributed by atoms with Crippen molar-refractivity contribution in [2.24, 2.45) is 0 Å². The van der Waals surface area contributed by atoms with Crippen LogP contribution in [0.5, 0.6) is 0 Å². The average molecular weight is 327 g/mol. The lowest BCUT2D eigenvalue weighted by Crippen LogP contribution is -2.33. The zero-order valence-electron chi connectivity index (χ0n) is 13.2. The van der Waals surface area contributed by atoms with E-state index in [1.807, 2.05) is 0 Å². The number of amides is 1. The van der Waals surface area contributed by atoms with E-state index in [4.69, 9.17) is 13.6 Å². The van der Waals surface area contributed by atoms with Crippen LogP contribution in [0, 0.1) is 0 Å². The molecule has 6 nitrogen and oxygen atoms in total. The fourth-order valence-electron chi connectivity index (χ4n) is 2.42. The molecule has 0 N–H and O–H groups in total. The summed E-state index contributed by atoms with van der Waals surface area (Å²) < 4.78 is 15.7. The summed E-state index contributed by atoms with van der Waals surface area (Å²) in [6.45, 7) is 1.09. The van der Waals surface area contributed by atoms with Gasteiger partial charge in [-0.1, -0.05) is 12.1 Å². The molecule has 0 radical (unpaired) electrons. The van der Waals surface area contributed by atoms with Crippen LogP contribution < -0.4 is 5.43 Å². The maximum absolute atomic E-state index is 12.8. The Bertz CT molecular complexity index is 882. The molecule has 3 aromatic rings. The second-order valence-electron chi connectivity index (χ2n) is 5.32. The van der Waals surface area contributed by atoms with Crippen LogP contribution in [0.4, 0.5) is 0 Å². The predicted octanol–water partition coefficient (Wildman–Crippen LogP) is 2.67. The minimum absolute atomic E-state index is 0.0123. The standard InChI is InChI=1S/C18H17NO5/c1-22-9-7-19(11-13-6-8-23-12-13)18(21)17-10-15(20)14-4-2-3-5-16(14)24-17/h2-6,8,10,12H,7,9,11H2,1H3. The molecule has 0 unspecified atom stereocenters. The average Bonchev–Trinajstić information content (AvgIpc) is 3.11. The molecule has 0 saturated heterocycles. The molecule has 0 bridgehead atoms. The van der Waals surface area contributed by atoms with E-state index in [0.717, 1.165) is 5.56 Å². The van der Waals surface area contributed by atoms with Crippen LogP contribution >= 0.6 is 0 Å². The Hall–Kier alpha value is -2.86. The maximum atomic E-state index is 12.8. The van der Waals surface area contributed by atoms with Crippen molar-refractivity contribution in [1.82, 2.24) is 4.90 Å². The molecule has 124 valence electrons. The summed E-state index contributed by atoms with van der Waals surface area (Å²) in [5.74, 6) is -0.352. The van der Waals surface area contributed by atoms with Crippen LogP contribution in [0.3, 0.4) is 0 Å². The van der Waals surface area contributed by atoms with Gasteiger partial charge < -0.3 is 18.5 Å². The minimum atomic E-state index is -0.365. The summed E-state index contributed by atoms with van der Waals surface area (Å²) in [7, 11) is 1.57. The number of rotatable bonds is 6.